The van der Waals surface area contributed by atoms with E-state index in [0.29, 0.717) is 6.42 Å². The van der Waals surface area contributed by atoms with Crippen molar-refractivity contribution in [3.05, 3.63) is 28.2 Å². The molecule has 1 saturated carbocycles. The van der Waals surface area contributed by atoms with Gasteiger partial charge in [0, 0.05) is 11.6 Å². The van der Waals surface area contributed by atoms with Crippen LogP contribution in [0.4, 0.5) is 0 Å². The summed E-state index contributed by atoms with van der Waals surface area (Å²) in [6, 6.07) is 0. The number of carbonyl (C=O) groups excluding carboxylic acids is 1. The van der Waals surface area contributed by atoms with Crippen molar-refractivity contribution in [2.45, 2.75) is 38.5 Å². The van der Waals surface area contributed by atoms with E-state index >= 15 is 0 Å². The van der Waals surface area contributed by atoms with Crippen LogP contribution in [0.2, 0.25) is 0 Å². The minimum atomic E-state index is 0.210. The van der Waals surface area contributed by atoms with Gasteiger partial charge in [-0.05, 0) is 31.8 Å². The van der Waals surface area contributed by atoms with Gasteiger partial charge in [-0.2, -0.15) is 0 Å². The Hall–Kier alpha value is -0.960. The van der Waals surface area contributed by atoms with Gasteiger partial charge in [0.15, 0.2) is 5.78 Å². The Bertz CT molecular complexity index is 346. The molecule has 0 saturated heterocycles. The fraction of sp³-hybridized carbons (Fsp3) is 0.500. The first-order valence-corrected chi connectivity index (χ1v) is 6.33. The van der Waals surface area contributed by atoms with E-state index in [-0.39, 0.29) is 5.78 Å². The van der Waals surface area contributed by atoms with E-state index in [1.807, 2.05) is 11.5 Å². The first-order chi connectivity index (χ1) is 7.34. The third-order valence-electron chi connectivity index (χ3n) is 2.67. The fourth-order valence-electron chi connectivity index (χ4n) is 1.92. The van der Waals surface area contributed by atoms with Gasteiger partial charge in [-0.1, -0.05) is 12.0 Å². The Kier molecular flexibility index (Phi) is 3.67. The number of ketones is 1. The van der Waals surface area contributed by atoms with Crippen molar-refractivity contribution < 1.29 is 4.79 Å². The minimum Gasteiger partial charge on any atom is -0.294 e. The quantitative estimate of drug-likeness (QED) is 0.734. The normalized spacial score (nSPS) is 16.4. The monoisotopic (exact) mass is 221 g/mol. The highest BCUT2D eigenvalue weighted by atomic mass is 32.1. The molecule has 0 unspecified atom stereocenters. The number of thiazole rings is 1. The van der Waals surface area contributed by atoms with Gasteiger partial charge in [-0.3, -0.25) is 4.79 Å². The molecule has 1 aliphatic carbocycles. The molecule has 0 amide bonds. The van der Waals surface area contributed by atoms with Gasteiger partial charge < -0.3 is 0 Å². The largest absolute Gasteiger partial charge is 0.294 e. The highest BCUT2D eigenvalue weighted by molar-refractivity contribution is 7.09. The van der Waals surface area contributed by atoms with Gasteiger partial charge in [0.1, 0.15) is 5.01 Å². The van der Waals surface area contributed by atoms with Crippen LogP contribution in [0, 0.1) is 0 Å². The second kappa shape index (κ2) is 5.21. The van der Waals surface area contributed by atoms with E-state index < -0.39 is 0 Å². The van der Waals surface area contributed by atoms with Crippen molar-refractivity contribution in [2.75, 3.05) is 0 Å². The summed E-state index contributed by atoms with van der Waals surface area (Å²) in [6.45, 7) is 0. The van der Waals surface area contributed by atoms with Gasteiger partial charge in [0.2, 0.25) is 0 Å². The SMILES string of the molecule is O=C(C=C1CCCCC1)Cc1nccs1. The van der Waals surface area contributed by atoms with Crippen LogP contribution in [-0.4, -0.2) is 10.8 Å². The average molecular weight is 221 g/mol. The molecule has 0 aliphatic heterocycles. The van der Waals surface area contributed by atoms with Crippen molar-refractivity contribution >= 4 is 17.1 Å². The molecule has 80 valence electrons. The maximum absolute atomic E-state index is 11.7. The third-order valence-corrected chi connectivity index (χ3v) is 3.45. The third kappa shape index (κ3) is 3.27. The van der Waals surface area contributed by atoms with Crippen LogP contribution in [0.3, 0.4) is 0 Å². The molecule has 0 radical (unpaired) electrons. The molecule has 0 spiro atoms. The zero-order chi connectivity index (χ0) is 10.5. The smallest absolute Gasteiger partial charge is 0.162 e. The van der Waals surface area contributed by atoms with Crippen LogP contribution in [0.25, 0.3) is 0 Å². The molecule has 1 heterocycles. The van der Waals surface area contributed by atoms with Gasteiger partial charge in [-0.15, -0.1) is 11.3 Å². The second-order valence-corrected chi connectivity index (χ2v) is 4.91. The summed E-state index contributed by atoms with van der Waals surface area (Å²) in [7, 11) is 0. The van der Waals surface area contributed by atoms with E-state index in [1.165, 1.54) is 24.8 Å². The molecule has 3 heteroatoms. The lowest BCUT2D eigenvalue weighted by molar-refractivity contribution is -0.114. The number of hydrogen-bond donors (Lipinski definition) is 0. The molecule has 1 aromatic rings. The molecular formula is C12H15NOS. The van der Waals surface area contributed by atoms with Crippen LogP contribution >= 0.6 is 11.3 Å². The zero-order valence-electron chi connectivity index (χ0n) is 8.74. The summed E-state index contributed by atoms with van der Waals surface area (Å²) < 4.78 is 0. The lowest BCUT2D eigenvalue weighted by Gasteiger charge is -2.12. The molecule has 2 nitrogen and oxygen atoms in total. The number of aromatic nitrogens is 1. The van der Waals surface area contributed by atoms with Gasteiger partial charge in [-0.25, -0.2) is 4.98 Å². The predicted octanol–water partition coefficient (Wildman–Crippen LogP) is 3.15. The Morgan fingerprint density at radius 1 is 1.40 bits per heavy atom. The molecule has 1 aromatic heterocycles. The van der Waals surface area contributed by atoms with Crippen molar-refractivity contribution in [3.63, 3.8) is 0 Å². The Balaban J connectivity index is 1.91. The van der Waals surface area contributed by atoms with Crippen LogP contribution in [0.5, 0.6) is 0 Å². The van der Waals surface area contributed by atoms with E-state index in [1.54, 1.807) is 17.5 Å². The maximum atomic E-state index is 11.7. The van der Waals surface area contributed by atoms with Crippen LogP contribution in [0.1, 0.15) is 37.1 Å². The number of hydrogen-bond acceptors (Lipinski definition) is 3. The predicted molar refractivity (Wildman–Crippen MR) is 62.0 cm³/mol. The minimum absolute atomic E-state index is 0.210. The highest BCUT2D eigenvalue weighted by Crippen LogP contribution is 2.22. The van der Waals surface area contributed by atoms with Gasteiger partial charge in [0.05, 0.1) is 6.42 Å². The van der Waals surface area contributed by atoms with Crippen molar-refractivity contribution in [3.8, 4) is 0 Å². The van der Waals surface area contributed by atoms with Crippen molar-refractivity contribution in [1.82, 2.24) is 4.98 Å². The molecule has 0 bridgehead atoms. The van der Waals surface area contributed by atoms with Gasteiger partial charge in [0.25, 0.3) is 0 Å². The average Bonchev–Trinajstić information content (AvgIpc) is 2.71. The highest BCUT2D eigenvalue weighted by Gasteiger charge is 2.08. The van der Waals surface area contributed by atoms with Crippen LogP contribution in [-0.2, 0) is 11.2 Å². The van der Waals surface area contributed by atoms with Crippen LogP contribution < -0.4 is 0 Å². The van der Waals surface area contributed by atoms with Crippen molar-refractivity contribution in [2.24, 2.45) is 0 Å². The Morgan fingerprint density at radius 3 is 2.87 bits per heavy atom. The number of allylic oxidation sites excluding steroid dienone is 2. The number of rotatable bonds is 3. The topological polar surface area (TPSA) is 30.0 Å². The first-order valence-electron chi connectivity index (χ1n) is 5.45. The van der Waals surface area contributed by atoms with E-state index in [4.69, 9.17) is 0 Å². The lowest BCUT2D eigenvalue weighted by atomic mass is 9.94. The summed E-state index contributed by atoms with van der Waals surface area (Å²) >= 11 is 1.55. The van der Waals surface area contributed by atoms with E-state index in [2.05, 4.69) is 4.98 Å². The molecule has 15 heavy (non-hydrogen) atoms. The Labute approximate surface area is 94.0 Å². The van der Waals surface area contributed by atoms with E-state index in [0.717, 1.165) is 17.8 Å². The molecule has 0 atom stereocenters. The molecule has 0 N–H and O–H groups in total. The fourth-order valence-corrected chi connectivity index (χ4v) is 2.54. The summed E-state index contributed by atoms with van der Waals surface area (Å²) in [5.74, 6) is 0.210. The maximum Gasteiger partial charge on any atom is 0.162 e. The van der Waals surface area contributed by atoms with Crippen molar-refractivity contribution in [1.29, 1.82) is 0 Å². The number of nitrogens with zero attached hydrogens (tertiary/aromatic N) is 1. The van der Waals surface area contributed by atoms with E-state index in [9.17, 15) is 4.79 Å². The molecular weight excluding hydrogens is 206 g/mol. The molecule has 1 fully saturated rings. The molecule has 0 aromatic carbocycles. The van der Waals surface area contributed by atoms with Crippen LogP contribution in [0.15, 0.2) is 23.2 Å². The second-order valence-electron chi connectivity index (χ2n) is 3.93. The number of carbonyl (C=O) groups is 1. The zero-order valence-corrected chi connectivity index (χ0v) is 9.55. The summed E-state index contributed by atoms with van der Waals surface area (Å²) in [4.78, 5) is 15.8. The summed E-state index contributed by atoms with van der Waals surface area (Å²) in [5, 5.41) is 2.84. The standard InChI is InChI=1S/C12H15NOS/c14-11(9-12-13-6-7-15-12)8-10-4-2-1-3-5-10/h6-8H,1-5,9H2. The summed E-state index contributed by atoms with van der Waals surface area (Å²) in [6.07, 6.45) is 10.1. The summed E-state index contributed by atoms with van der Waals surface area (Å²) in [5.41, 5.74) is 1.34. The molecule has 1 aliphatic rings. The lowest BCUT2D eigenvalue weighted by Crippen LogP contribution is -2.02. The van der Waals surface area contributed by atoms with Gasteiger partial charge >= 0.3 is 0 Å². The molecule has 2 rings (SSSR count). The Morgan fingerprint density at radius 2 is 2.20 bits per heavy atom. The first kappa shape index (κ1) is 10.6.